The second kappa shape index (κ2) is 6.66. The summed E-state index contributed by atoms with van der Waals surface area (Å²) in [5, 5.41) is 3.18. The van der Waals surface area contributed by atoms with Gasteiger partial charge < -0.3 is 10.1 Å². The Morgan fingerprint density at radius 3 is 2.20 bits per heavy atom. The lowest BCUT2D eigenvalue weighted by molar-refractivity contribution is -0.141. The van der Waals surface area contributed by atoms with Crippen LogP contribution in [-0.2, 0) is 9.53 Å². The van der Waals surface area contributed by atoms with Gasteiger partial charge in [0.2, 0.25) is 0 Å². The van der Waals surface area contributed by atoms with Crippen molar-refractivity contribution in [3.63, 3.8) is 0 Å². The third-order valence-corrected chi connectivity index (χ3v) is 2.86. The number of rotatable bonds is 5. The van der Waals surface area contributed by atoms with Crippen molar-refractivity contribution in [2.45, 2.75) is 45.7 Å². The molecule has 0 bridgehead atoms. The Bertz CT molecular complexity index is 471. The molecule has 0 radical (unpaired) electrons. The van der Waals surface area contributed by atoms with E-state index >= 15 is 0 Å². The number of ketones is 1. The minimum Gasteiger partial charge on any atom is -0.469 e. The maximum absolute atomic E-state index is 12.5. The lowest BCUT2D eigenvalue weighted by Crippen LogP contribution is -2.48. The van der Waals surface area contributed by atoms with Crippen molar-refractivity contribution in [2.24, 2.45) is 0 Å². The van der Waals surface area contributed by atoms with E-state index in [2.05, 4.69) is 10.1 Å². The number of aryl methyl sites for hydroxylation is 1. The van der Waals surface area contributed by atoms with Gasteiger partial charge in [0, 0.05) is 11.1 Å². The van der Waals surface area contributed by atoms with Crippen molar-refractivity contribution in [1.82, 2.24) is 5.32 Å². The zero-order valence-corrected chi connectivity index (χ0v) is 12.8. The molecule has 0 fully saturated rings. The highest BCUT2D eigenvalue weighted by atomic mass is 16.5. The summed E-state index contributed by atoms with van der Waals surface area (Å²) in [6, 6.07) is 6.77. The molecule has 4 heteroatoms. The first-order chi connectivity index (χ1) is 9.23. The number of methoxy groups -OCH3 is 1. The predicted octanol–water partition coefficient (Wildman–Crippen LogP) is 2.50. The molecule has 0 amide bonds. The third kappa shape index (κ3) is 5.13. The fraction of sp³-hybridized carbons (Fsp3) is 0.500. The maximum Gasteiger partial charge on any atom is 0.307 e. The molecule has 1 aromatic carbocycles. The van der Waals surface area contributed by atoms with Crippen molar-refractivity contribution in [1.29, 1.82) is 0 Å². The van der Waals surface area contributed by atoms with E-state index in [1.165, 1.54) is 7.11 Å². The molecule has 0 heterocycles. The molecule has 0 aliphatic heterocycles. The number of carbonyl (C=O) groups excluding carboxylic acids is 2. The molecule has 0 saturated heterocycles. The second-order valence-corrected chi connectivity index (χ2v) is 5.96. The molecule has 1 unspecified atom stereocenters. The summed E-state index contributed by atoms with van der Waals surface area (Å²) in [6.45, 7) is 7.84. The quantitative estimate of drug-likeness (QED) is 0.663. The molecule has 1 atom stereocenters. The van der Waals surface area contributed by atoms with Crippen molar-refractivity contribution in [3.05, 3.63) is 35.4 Å². The Labute approximate surface area is 120 Å². The lowest BCUT2D eigenvalue weighted by atomic mass is 9.97. The molecule has 0 aliphatic carbocycles. The van der Waals surface area contributed by atoms with Crippen LogP contribution >= 0.6 is 0 Å². The van der Waals surface area contributed by atoms with E-state index in [0.717, 1.165) is 5.56 Å². The highest BCUT2D eigenvalue weighted by molar-refractivity contribution is 6.01. The normalized spacial score (nSPS) is 12.8. The third-order valence-electron chi connectivity index (χ3n) is 2.86. The minimum atomic E-state index is -0.579. The van der Waals surface area contributed by atoms with Crippen LogP contribution in [0.1, 0.15) is 43.1 Å². The van der Waals surface area contributed by atoms with Gasteiger partial charge in [-0.3, -0.25) is 9.59 Å². The summed E-state index contributed by atoms with van der Waals surface area (Å²) >= 11 is 0. The highest BCUT2D eigenvalue weighted by Crippen LogP contribution is 2.12. The Balaban J connectivity index is 2.93. The molecule has 1 rings (SSSR count). The van der Waals surface area contributed by atoms with Gasteiger partial charge in [0.1, 0.15) is 0 Å². The summed E-state index contributed by atoms with van der Waals surface area (Å²) in [4.78, 5) is 24.0. The van der Waals surface area contributed by atoms with Gasteiger partial charge in [0.05, 0.1) is 19.6 Å². The van der Waals surface area contributed by atoms with Crippen LogP contribution < -0.4 is 5.32 Å². The van der Waals surface area contributed by atoms with Crippen LogP contribution in [0.3, 0.4) is 0 Å². The van der Waals surface area contributed by atoms with Crippen LogP contribution in [0.5, 0.6) is 0 Å². The maximum atomic E-state index is 12.5. The molecule has 0 spiro atoms. The minimum absolute atomic E-state index is 0.0283. The summed E-state index contributed by atoms with van der Waals surface area (Å²) < 4.78 is 4.67. The number of nitrogens with one attached hydrogen (secondary N) is 1. The summed E-state index contributed by atoms with van der Waals surface area (Å²) in [5.74, 6) is -0.488. The number of carbonyl (C=O) groups is 2. The van der Waals surface area contributed by atoms with Crippen molar-refractivity contribution >= 4 is 11.8 Å². The van der Waals surface area contributed by atoms with Gasteiger partial charge >= 0.3 is 5.97 Å². The van der Waals surface area contributed by atoms with Crippen LogP contribution in [0.2, 0.25) is 0 Å². The van der Waals surface area contributed by atoms with Crippen molar-refractivity contribution < 1.29 is 14.3 Å². The first kappa shape index (κ1) is 16.4. The summed E-state index contributed by atoms with van der Waals surface area (Å²) in [6.07, 6.45) is 0.0283. The zero-order valence-electron chi connectivity index (χ0n) is 12.8. The van der Waals surface area contributed by atoms with E-state index in [4.69, 9.17) is 0 Å². The number of benzene rings is 1. The summed E-state index contributed by atoms with van der Waals surface area (Å²) in [5.41, 5.74) is 1.43. The summed E-state index contributed by atoms with van der Waals surface area (Å²) in [7, 11) is 1.33. The topological polar surface area (TPSA) is 55.4 Å². The molecule has 1 N–H and O–H groups in total. The molecule has 1 aromatic rings. The van der Waals surface area contributed by atoms with Gasteiger partial charge in [-0.05, 0) is 27.7 Å². The largest absolute Gasteiger partial charge is 0.469 e. The van der Waals surface area contributed by atoms with Gasteiger partial charge in [-0.15, -0.1) is 0 Å². The molecule has 0 aliphatic rings. The van der Waals surface area contributed by atoms with E-state index in [-0.39, 0.29) is 17.7 Å². The number of esters is 1. The smallest absolute Gasteiger partial charge is 0.307 e. The highest BCUT2D eigenvalue weighted by Gasteiger charge is 2.27. The van der Waals surface area contributed by atoms with Crippen LogP contribution in [0.4, 0.5) is 0 Å². The van der Waals surface area contributed by atoms with E-state index in [1.54, 1.807) is 12.1 Å². The molecular formula is C16H23NO3. The Hall–Kier alpha value is -1.68. The Kier molecular flexibility index (Phi) is 5.45. The lowest BCUT2D eigenvalue weighted by Gasteiger charge is -2.27. The second-order valence-electron chi connectivity index (χ2n) is 5.96. The van der Waals surface area contributed by atoms with Gasteiger partial charge in [0.15, 0.2) is 5.78 Å². The SMILES string of the molecule is COC(=O)CC(NC(C)(C)C)C(=O)c1ccc(C)cc1. The van der Waals surface area contributed by atoms with Gasteiger partial charge in [0.25, 0.3) is 0 Å². The first-order valence-corrected chi connectivity index (χ1v) is 6.68. The van der Waals surface area contributed by atoms with Crippen molar-refractivity contribution in [2.75, 3.05) is 7.11 Å². The fourth-order valence-corrected chi connectivity index (χ4v) is 1.90. The van der Waals surface area contributed by atoms with E-state index in [1.807, 2.05) is 39.8 Å². The van der Waals surface area contributed by atoms with Crippen molar-refractivity contribution in [3.8, 4) is 0 Å². The number of Topliss-reactive ketones (excluding diaryl/α,β-unsaturated/α-hetero) is 1. The van der Waals surface area contributed by atoms with Crippen LogP contribution in [0.15, 0.2) is 24.3 Å². The molecule has 0 saturated carbocycles. The van der Waals surface area contributed by atoms with E-state index in [0.29, 0.717) is 5.56 Å². The average Bonchev–Trinajstić information content (AvgIpc) is 2.36. The number of hydrogen-bond donors (Lipinski definition) is 1. The van der Waals surface area contributed by atoms with E-state index in [9.17, 15) is 9.59 Å². The number of ether oxygens (including phenoxy) is 1. The zero-order chi connectivity index (χ0) is 15.3. The predicted molar refractivity (Wildman–Crippen MR) is 78.8 cm³/mol. The standard InChI is InChI=1S/C16H23NO3/c1-11-6-8-12(9-7-11)15(19)13(10-14(18)20-5)17-16(2,3)4/h6-9,13,17H,10H2,1-5H3. The Morgan fingerprint density at radius 1 is 1.20 bits per heavy atom. The molecule has 4 nitrogen and oxygen atoms in total. The molecule has 110 valence electrons. The van der Waals surface area contributed by atoms with Crippen LogP contribution in [0, 0.1) is 6.92 Å². The molecule has 20 heavy (non-hydrogen) atoms. The van der Waals surface area contributed by atoms with Crippen LogP contribution in [-0.4, -0.2) is 30.4 Å². The van der Waals surface area contributed by atoms with Gasteiger partial charge in [-0.2, -0.15) is 0 Å². The first-order valence-electron chi connectivity index (χ1n) is 6.68. The van der Waals surface area contributed by atoms with E-state index < -0.39 is 12.0 Å². The fourth-order valence-electron chi connectivity index (χ4n) is 1.90. The van der Waals surface area contributed by atoms with Crippen LogP contribution in [0.25, 0.3) is 0 Å². The molecule has 0 aromatic heterocycles. The average molecular weight is 277 g/mol. The monoisotopic (exact) mass is 277 g/mol. The molecular weight excluding hydrogens is 254 g/mol. The van der Waals surface area contributed by atoms with Gasteiger partial charge in [-0.1, -0.05) is 29.8 Å². The Morgan fingerprint density at radius 2 is 1.75 bits per heavy atom. The van der Waals surface area contributed by atoms with Gasteiger partial charge in [-0.25, -0.2) is 0 Å². The number of hydrogen-bond acceptors (Lipinski definition) is 4.